The van der Waals surface area contributed by atoms with E-state index in [1.807, 2.05) is 0 Å². The predicted molar refractivity (Wildman–Crippen MR) is 187 cm³/mol. The summed E-state index contributed by atoms with van der Waals surface area (Å²) in [5.41, 5.74) is 6.39. The van der Waals surface area contributed by atoms with Gasteiger partial charge in [0, 0.05) is 55.0 Å². The van der Waals surface area contributed by atoms with Crippen LogP contribution in [0.2, 0.25) is 0 Å². The first kappa shape index (κ1) is 40.3. The normalized spacial score (nSPS) is 12.4. The van der Waals surface area contributed by atoms with Crippen LogP contribution in [0.4, 0.5) is 21.0 Å². The van der Waals surface area contributed by atoms with Crippen molar-refractivity contribution in [2.45, 2.75) is 56.6 Å². The molecule has 3 aromatic rings. The summed E-state index contributed by atoms with van der Waals surface area (Å²) in [7, 11) is -4.49. The maximum absolute atomic E-state index is 13.3. The lowest BCUT2D eigenvalue weighted by Gasteiger charge is -2.19. The molecule has 276 valence electrons. The highest BCUT2D eigenvalue weighted by Gasteiger charge is 2.25. The van der Waals surface area contributed by atoms with Gasteiger partial charge < -0.3 is 36.3 Å². The number of carbonyl (C=O) groups is 5. The van der Waals surface area contributed by atoms with Gasteiger partial charge in [-0.25, -0.2) is 9.59 Å². The van der Waals surface area contributed by atoms with Gasteiger partial charge in [-0.1, -0.05) is 36.4 Å². The summed E-state index contributed by atoms with van der Waals surface area (Å²) < 4.78 is 43.6. The number of rotatable bonds is 20. The number of ketones is 1. The van der Waals surface area contributed by atoms with Crippen molar-refractivity contribution < 1.29 is 51.5 Å². The number of nitrogens with two attached hydrogens (primary N) is 1. The van der Waals surface area contributed by atoms with Crippen molar-refractivity contribution in [2.75, 3.05) is 37.0 Å². The molecule has 17 heteroatoms. The van der Waals surface area contributed by atoms with Crippen molar-refractivity contribution >= 4 is 62.0 Å². The van der Waals surface area contributed by atoms with Crippen molar-refractivity contribution in [3.63, 3.8) is 0 Å². The first-order valence-electron chi connectivity index (χ1n) is 16.1. The second-order valence-corrected chi connectivity index (χ2v) is 12.9. The number of hydrogen-bond acceptors (Lipinski definition) is 10. The van der Waals surface area contributed by atoms with Crippen molar-refractivity contribution in [3.05, 3.63) is 66.2 Å². The number of carbonyl (C=O) groups excluding carboxylic acids is 5. The monoisotopic (exact) mass is 729 g/mol. The minimum Gasteiger partial charge on any atom is -0.444 e. The van der Waals surface area contributed by atoms with Crippen molar-refractivity contribution in [1.29, 1.82) is 0 Å². The zero-order valence-corrected chi connectivity index (χ0v) is 28.9. The lowest BCUT2D eigenvalue weighted by Crippen LogP contribution is -2.40. The van der Waals surface area contributed by atoms with Gasteiger partial charge >= 0.3 is 12.1 Å². The zero-order valence-electron chi connectivity index (χ0n) is 28.1. The molecule has 3 rings (SSSR count). The minimum absolute atomic E-state index is 0.0193. The fourth-order valence-corrected chi connectivity index (χ4v) is 5.68. The number of anilines is 2. The van der Waals surface area contributed by atoms with Gasteiger partial charge in [0.2, 0.25) is 11.8 Å². The molecule has 0 aromatic heterocycles. The number of amides is 5. The number of urea groups is 1. The number of ether oxygens (including phenoxy) is 2. The first-order chi connectivity index (χ1) is 24.3. The van der Waals surface area contributed by atoms with Crippen LogP contribution in [-0.2, 0) is 40.6 Å². The van der Waals surface area contributed by atoms with Crippen LogP contribution in [0, 0.1) is 5.92 Å². The molecular weight excluding hydrogens is 686 g/mol. The molecule has 0 fully saturated rings. The van der Waals surface area contributed by atoms with Gasteiger partial charge in [-0.2, -0.15) is 8.42 Å². The van der Waals surface area contributed by atoms with Crippen LogP contribution in [0.15, 0.2) is 65.6 Å². The van der Waals surface area contributed by atoms with E-state index >= 15 is 0 Å². The molecule has 51 heavy (non-hydrogen) atoms. The van der Waals surface area contributed by atoms with E-state index in [0.29, 0.717) is 36.1 Å². The van der Waals surface area contributed by atoms with E-state index in [9.17, 15) is 36.9 Å². The summed E-state index contributed by atoms with van der Waals surface area (Å²) >= 11 is 0. The van der Waals surface area contributed by atoms with Crippen molar-refractivity contribution in [3.8, 4) is 0 Å². The molecule has 0 spiro atoms. The topological polar surface area (TPSA) is 253 Å². The number of Topliss-reactive ketones (excluding diaryl/α,β-unsaturated/α-hetero) is 1. The SMILES string of the molecule is C[C@H](NC(=O)CCOCCCO)C(=O)C[C@@H](CCCNC(N)=O)C(=O)Nc1ccc(COC(=O)Nc2cccc3c(S(=O)(=O)O)cccc23)cc1. The van der Waals surface area contributed by atoms with E-state index in [1.165, 1.54) is 31.2 Å². The fourth-order valence-electron chi connectivity index (χ4n) is 4.97. The third-order valence-corrected chi connectivity index (χ3v) is 8.53. The number of benzene rings is 3. The second kappa shape index (κ2) is 19.9. The van der Waals surface area contributed by atoms with Gasteiger partial charge in [0.15, 0.2) is 5.78 Å². The molecule has 0 radical (unpaired) electrons. The Balaban J connectivity index is 1.56. The lowest BCUT2D eigenvalue weighted by molar-refractivity contribution is -0.130. The maximum Gasteiger partial charge on any atom is 0.411 e. The van der Waals surface area contributed by atoms with Gasteiger partial charge in [0.05, 0.1) is 18.3 Å². The average molecular weight is 730 g/mol. The molecule has 0 saturated heterocycles. The van der Waals surface area contributed by atoms with Crippen molar-refractivity contribution in [1.82, 2.24) is 10.6 Å². The molecular formula is C34H43N5O11S. The molecule has 2 atom stereocenters. The smallest absolute Gasteiger partial charge is 0.411 e. The maximum atomic E-state index is 13.3. The van der Waals surface area contributed by atoms with E-state index in [4.69, 9.17) is 20.3 Å². The van der Waals surface area contributed by atoms with Crippen LogP contribution < -0.4 is 27.0 Å². The number of aliphatic hydroxyl groups is 1. The highest BCUT2D eigenvalue weighted by Crippen LogP contribution is 2.29. The molecule has 0 bridgehead atoms. The predicted octanol–water partition coefficient (Wildman–Crippen LogP) is 3.09. The van der Waals surface area contributed by atoms with E-state index in [0.717, 1.165) is 0 Å². The van der Waals surface area contributed by atoms with Gasteiger partial charge in [0.1, 0.15) is 11.5 Å². The highest BCUT2D eigenvalue weighted by molar-refractivity contribution is 7.86. The quantitative estimate of drug-likeness (QED) is 0.0657. The van der Waals surface area contributed by atoms with Crippen LogP contribution in [-0.4, -0.2) is 80.2 Å². The van der Waals surface area contributed by atoms with E-state index < -0.39 is 46.0 Å². The molecule has 8 N–H and O–H groups in total. The Bertz CT molecular complexity index is 1780. The Morgan fingerprint density at radius 2 is 1.61 bits per heavy atom. The Labute approximate surface area is 295 Å². The summed E-state index contributed by atoms with van der Waals surface area (Å²) in [6.07, 6.45) is 0.0963. The molecule has 0 aliphatic heterocycles. The van der Waals surface area contributed by atoms with Crippen LogP contribution in [0.3, 0.4) is 0 Å². The van der Waals surface area contributed by atoms with E-state index in [-0.39, 0.29) is 67.4 Å². The lowest BCUT2D eigenvalue weighted by atomic mass is 9.93. The molecule has 0 aliphatic carbocycles. The Kier molecular flexibility index (Phi) is 15.8. The highest BCUT2D eigenvalue weighted by atomic mass is 32.2. The standard InChI is InChI=1S/C34H43N5O11S/c1-22(37-31(42)15-19-49-18-5-17-40)29(41)20-24(6-4-16-36-33(35)44)32(43)38-25-13-11-23(12-14-25)21-50-34(45)39-28-9-2-8-27-26(28)7-3-10-30(27)51(46,47)48/h2-3,7-14,22,24,40H,4-6,15-21H2,1H3,(H,37,42)(H,38,43)(H,39,45)(H3,35,36,44)(H,46,47,48)/t22-,24+/m0/s1. The molecule has 0 heterocycles. The van der Waals surface area contributed by atoms with Gasteiger partial charge in [-0.05, 0) is 56.0 Å². The summed E-state index contributed by atoms with van der Waals surface area (Å²) in [5.74, 6) is -1.99. The second-order valence-electron chi connectivity index (χ2n) is 11.5. The number of fused-ring (bicyclic) bond motifs is 1. The van der Waals surface area contributed by atoms with Crippen LogP contribution in [0.1, 0.15) is 44.6 Å². The van der Waals surface area contributed by atoms with E-state index in [1.54, 1.807) is 36.4 Å². The molecule has 16 nitrogen and oxygen atoms in total. The van der Waals surface area contributed by atoms with Gasteiger partial charge in [0.25, 0.3) is 10.1 Å². The third kappa shape index (κ3) is 13.6. The van der Waals surface area contributed by atoms with Crippen LogP contribution in [0.25, 0.3) is 10.8 Å². The Morgan fingerprint density at radius 1 is 0.902 bits per heavy atom. The number of primary amides is 1. The molecule has 0 saturated carbocycles. The van der Waals surface area contributed by atoms with E-state index in [2.05, 4.69) is 21.3 Å². The zero-order chi connectivity index (χ0) is 37.4. The number of nitrogens with one attached hydrogen (secondary N) is 4. The van der Waals surface area contributed by atoms with Gasteiger partial charge in [-0.3, -0.25) is 24.3 Å². The Morgan fingerprint density at radius 3 is 2.29 bits per heavy atom. The van der Waals surface area contributed by atoms with Crippen LogP contribution in [0.5, 0.6) is 0 Å². The molecule has 5 amide bonds. The summed E-state index contributed by atoms with van der Waals surface area (Å²) in [5, 5.41) is 19.8. The first-order valence-corrected chi connectivity index (χ1v) is 17.6. The minimum atomic E-state index is -4.49. The summed E-state index contributed by atoms with van der Waals surface area (Å²) in [6.45, 7) is 2.02. The molecule has 3 aromatic carbocycles. The number of hydrogen-bond donors (Lipinski definition) is 7. The van der Waals surface area contributed by atoms with Crippen LogP contribution >= 0.6 is 0 Å². The molecule has 0 aliphatic rings. The fraction of sp³-hybridized carbons (Fsp3) is 0.382. The largest absolute Gasteiger partial charge is 0.444 e. The third-order valence-electron chi connectivity index (χ3n) is 7.62. The average Bonchev–Trinajstić information content (AvgIpc) is 3.08. The van der Waals surface area contributed by atoms with Crippen molar-refractivity contribution in [2.24, 2.45) is 11.7 Å². The molecule has 0 unspecified atom stereocenters. The summed E-state index contributed by atoms with van der Waals surface area (Å²) in [6, 6.07) is 13.7. The number of aliphatic hydroxyl groups excluding tert-OH is 1. The van der Waals surface area contributed by atoms with Gasteiger partial charge in [-0.15, -0.1) is 0 Å². The summed E-state index contributed by atoms with van der Waals surface area (Å²) in [4.78, 5) is 61.8. The Hall–Kier alpha value is -5.10.